The summed E-state index contributed by atoms with van der Waals surface area (Å²) >= 11 is 9.33. The number of halogens is 2. The van der Waals surface area contributed by atoms with Gasteiger partial charge < -0.3 is 9.72 Å². The molecule has 0 aliphatic rings. The third-order valence-corrected chi connectivity index (χ3v) is 4.92. The molecule has 134 valence electrons. The van der Waals surface area contributed by atoms with Gasteiger partial charge >= 0.3 is 5.97 Å². The Bertz CT molecular complexity index is 949. The van der Waals surface area contributed by atoms with Gasteiger partial charge in [0.05, 0.1) is 12.5 Å². The van der Waals surface area contributed by atoms with E-state index in [1.54, 1.807) is 37.4 Å². The summed E-state index contributed by atoms with van der Waals surface area (Å²) < 4.78 is 6.13. The molecule has 3 aromatic rings. The molecule has 1 N–H and O–H groups in total. The Balaban J connectivity index is 1.96. The number of hydrogen-bond acceptors (Lipinski definition) is 3. The highest BCUT2D eigenvalue weighted by molar-refractivity contribution is 9.10. The third kappa shape index (κ3) is 4.00. The minimum Gasteiger partial charge on any atom is -0.466 e. The van der Waals surface area contributed by atoms with Crippen LogP contribution < -0.4 is 0 Å². The van der Waals surface area contributed by atoms with Crippen LogP contribution in [0.1, 0.15) is 35.2 Å². The van der Waals surface area contributed by atoms with Gasteiger partial charge in [0.15, 0.2) is 5.78 Å². The third-order valence-electron chi connectivity index (χ3n) is 4.18. The highest BCUT2D eigenvalue weighted by atomic mass is 79.9. The molecule has 6 heteroatoms. The summed E-state index contributed by atoms with van der Waals surface area (Å²) in [6.45, 7) is 2.01. The zero-order chi connectivity index (χ0) is 18.7. The van der Waals surface area contributed by atoms with E-state index in [2.05, 4.69) is 20.9 Å². The van der Waals surface area contributed by atoms with Gasteiger partial charge in [0.25, 0.3) is 0 Å². The fraction of sp³-hybridized carbons (Fsp3) is 0.200. The van der Waals surface area contributed by atoms with Crippen LogP contribution in [0.4, 0.5) is 0 Å². The molecule has 0 spiro atoms. The summed E-state index contributed by atoms with van der Waals surface area (Å²) in [5.74, 6) is -1.22. The minimum atomic E-state index is -0.679. The molecule has 1 aromatic heterocycles. The van der Waals surface area contributed by atoms with Gasteiger partial charge in [0.1, 0.15) is 0 Å². The van der Waals surface area contributed by atoms with E-state index in [1.807, 2.05) is 18.2 Å². The lowest BCUT2D eigenvalue weighted by molar-refractivity contribution is -0.144. The van der Waals surface area contributed by atoms with E-state index in [0.717, 1.165) is 20.9 Å². The lowest BCUT2D eigenvalue weighted by atomic mass is 9.91. The Labute approximate surface area is 164 Å². The van der Waals surface area contributed by atoms with Crippen molar-refractivity contribution < 1.29 is 14.3 Å². The van der Waals surface area contributed by atoms with E-state index in [4.69, 9.17) is 16.3 Å². The number of hydrogen-bond donors (Lipinski definition) is 1. The molecule has 0 amide bonds. The van der Waals surface area contributed by atoms with Crippen molar-refractivity contribution in [2.75, 3.05) is 6.61 Å². The van der Waals surface area contributed by atoms with Crippen LogP contribution in [0, 0.1) is 0 Å². The van der Waals surface area contributed by atoms with Crippen molar-refractivity contribution in [3.8, 4) is 0 Å². The van der Waals surface area contributed by atoms with Gasteiger partial charge in [-0.05, 0) is 55.0 Å². The van der Waals surface area contributed by atoms with Crippen LogP contribution in [-0.4, -0.2) is 23.3 Å². The SMILES string of the molecule is CCOC(=O)C(CC(=O)c1ccc(Cl)cc1)c1c[nH]c2ccc(Br)cc12. The van der Waals surface area contributed by atoms with Gasteiger partial charge in [-0.25, -0.2) is 0 Å². The number of H-pyrrole nitrogens is 1. The Morgan fingerprint density at radius 1 is 1.19 bits per heavy atom. The van der Waals surface area contributed by atoms with Gasteiger partial charge in [0.2, 0.25) is 0 Å². The van der Waals surface area contributed by atoms with Gasteiger partial charge in [-0.3, -0.25) is 9.59 Å². The molecular formula is C20H17BrClNO3. The number of carbonyl (C=O) groups excluding carboxylic acids is 2. The second-order valence-corrected chi connectivity index (χ2v) is 7.22. The Hall–Kier alpha value is -2.11. The zero-order valence-corrected chi connectivity index (χ0v) is 16.4. The summed E-state index contributed by atoms with van der Waals surface area (Å²) in [6.07, 6.45) is 1.80. The molecule has 0 aliphatic heterocycles. The van der Waals surface area contributed by atoms with Crippen molar-refractivity contribution in [3.63, 3.8) is 0 Å². The predicted molar refractivity (Wildman–Crippen MR) is 106 cm³/mol. The fourth-order valence-corrected chi connectivity index (χ4v) is 3.39. The average molecular weight is 435 g/mol. The Kier molecular flexibility index (Phi) is 5.79. The van der Waals surface area contributed by atoms with Crippen LogP contribution in [0.2, 0.25) is 5.02 Å². The molecule has 1 atom stereocenters. The molecular weight excluding hydrogens is 418 g/mol. The molecule has 1 heterocycles. The predicted octanol–water partition coefficient (Wildman–Crippen LogP) is 5.50. The number of benzene rings is 2. The van der Waals surface area contributed by atoms with Crippen LogP contribution in [-0.2, 0) is 9.53 Å². The lowest BCUT2D eigenvalue weighted by Gasteiger charge is -2.15. The first-order valence-corrected chi connectivity index (χ1v) is 9.38. The number of aromatic amines is 1. The van der Waals surface area contributed by atoms with E-state index in [-0.39, 0.29) is 18.8 Å². The first-order valence-electron chi connectivity index (χ1n) is 8.21. The van der Waals surface area contributed by atoms with Crippen molar-refractivity contribution in [2.24, 2.45) is 0 Å². The van der Waals surface area contributed by atoms with Crippen molar-refractivity contribution in [3.05, 3.63) is 69.3 Å². The molecule has 4 nitrogen and oxygen atoms in total. The van der Waals surface area contributed by atoms with Crippen LogP contribution in [0.3, 0.4) is 0 Å². The molecule has 0 bridgehead atoms. The number of fused-ring (bicyclic) bond motifs is 1. The molecule has 26 heavy (non-hydrogen) atoms. The number of nitrogens with one attached hydrogen (secondary N) is 1. The molecule has 1 unspecified atom stereocenters. The van der Waals surface area contributed by atoms with Crippen LogP contribution >= 0.6 is 27.5 Å². The average Bonchev–Trinajstić information content (AvgIpc) is 3.03. The number of esters is 1. The number of aromatic nitrogens is 1. The fourth-order valence-electron chi connectivity index (χ4n) is 2.90. The standard InChI is InChI=1S/C20H17BrClNO3/c1-2-26-20(25)16(10-19(24)12-3-6-14(22)7-4-12)17-11-23-18-8-5-13(21)9-15(17)18/h3-9,11,16,23H,2,10H2,1H3. The van der Waals surface area contributed by atoms with E-state index >= 15 is 0 Å². The molecule has 0 aliphatic carbocycles. The van der Waals surface area contributed by atoms with E-state index in [1.165, 1.54) is 0 Å². The van der Waals surface area contributed by atoms with E-state index in [0.29, 0.717) is 10.6 Å². The maximum atomic E-state index is 12.7. The molecule has 0 radical (unpaired) electrons. The number of carbonyl (C=O) groups is 2. The van der Waals surface area contributed by atoms with Crippen LogP contribution in [0.5, 0.6) is 0 Å². The molecule has 0 saturated carbocycles. The van der Waals surface area contributed by atoms with Crippen molar-refractivity contribution in [1.82, 2.24) is 4.98 Å². The van der Waals surface area contributed by atoms with Gasteiger partial charge in [-0.1, -0.05) is 27.5 Å². The Morgan fingerprint density at radius 2 is 1.92 bits per heavy atom. The summed E-state index contributed by atoms with van der Waals surface area (Å²) in [7, 11) is 0. The van der Waals surface area contributed by atoms with Crippen LogP contribution in [0.15, 0.2) is 53.1 Å². The number of ether oxygens (including phenoxy) is 1. The van der Waals surface area contributed by atoms with E-state index in [9.17, 15) is 9.59 Å². The molecule has 3 rings (SSSR count). The van der Waals surface area contributed by atoms with Gasteiger partial charge in [-0.15, -0.1) is 0 Å². The number of ketones is 1. The number of rotatable bonds is 6. The summed E-state index contributed by atoms with van der Waals surface area (Å²) in [5.41, 5.74) is 2.17. The van der Waals surface area contributed by atoms with Crippen molar-refractivity contribution in [1.29, 1.82) is 0 Å². The lowest BCUT2D eigenvalue weighted by Crippen LogP contribution is -2.19. The summed E-state index contributed by atoms with van der Waals surface area (Å²) in [5, 5.41) is 1.45. The zero-order valence-electron chi connectivity index (χ0n) is 14.1. The maximum Gasteiger partial charge on any atom is 0.313 e. The smallest absolute Gasteiger partial charge is 0.313 e. The van der Waals surface area contributed by atoms with Gasteiger partial charge in [0, 0.05) is 38.6 Å². The normalized spacial score (nSPS) is 12.1. The topological polar surface area (TPSA) is 59.2 Å². The molecule has 0 saturated heterocycles. The van der Waals surface area contributed by atoms with Gasteiger partial charge in [-0.2, -0.15) is 0 Å². The van der Waals surface area contributed by atoms with E-state index < -0.39 is 11.9 Å². The molecule has 2 aromatic carbocycles. The quantitative estimate of drug-likeness (QED) is 0.411. The first-order chi connectivity index (χ1) is 12.5. The number of Topliss-reactive ketones (excluding diaryl/α,β-unsaturated/α-hetero) is 1. The second-order valence-electron chi connectivity index (χ2n) is 5.87. The highest BCUT2D eigenvalue weighted by Gasteiger charge is 2.28. The first kappa shape index (κ1) is 18.7. The summed E-state index contributed by atoms with van der Waals surface area (Å²) in [4.78, 5) is 28.4. The highest BCUT2D eigenvalue weighted by Crippen LogP contribution is 2.32. The maximum absolute atomic E-state index is 12.7. The minimum absolute atomic E-state index is 0.0277. The Morgan fingerprint density at radius 3 is 2.62 bits per heavy atom. The second kappa shape index (κ2) is 8.06. The largest absolute Gasteiger partial charge is 0.466 e. The summed E-state index contributed by atoms with van der Waals surface area (Å²) in [6, 6.07) is 12.4. The molecule has 0 fully saturated rings. The van der Waals surface area contributed by atoms with Crippen LogP contribution in [0.25, 0.3) is 10.9 Å². The monoisotopic (exact) mass is 433 g/mol. The van der Waals surface area contributed by atoms with Crippen molar-refractivity contribution in [2.45, 2.75) is 19.3 Å². The van der Waals surface area contributed by atoms with Crippen molar-refractivity contribution >= 4 is 50.2 Å².